The largest absolute Gasteiger partial charge is 0.497 e. The molecule has 0 saturated carbocycles. The minimum atomic E-state index is 0.454. The van der Waals surface area contributed by atoms with Gasteiger partial charge in [-0.15, -0.1) is 0 Å². The Bertz CT molecular complexity index is 847. The Morgan fingerprint density at radius 3 is 2.32 bits per heavy atom. The fourth-order valence-electron chi connectivity index (χ4n) is 2.62. The minimum Gasteiger partial charge on any atom is -0.497 e. The summed E-state index contributed by atoms with van der Waals surface area (Å²) in [5.41, 5.74) is 9.81. The second-order valence-corrected chi connectivity index (χ2v) is 5.60. The van der Waals surface area contributed by atoms with Crippen LogP contribution in [0.5, 0.6) is 17.2 Å². The van der Waals surface area contributed by atoms with Gasteiger partial charge in [-0.1, -0.05) is 42.5 Å². The van der Waals surface area contributed by atoms with E-state index in [2.05, 4.69) is 0 Å². The van der Waals surface area contributed by atoms with Gasteiger partial charge in [-0.05, 0) is 29.3 Å². The Morgan fingerprint density at radius 2 is 1.60 bits per heavy atom. The van der Waals surface area contributed by atoms with Crippen molar-refractivity contribution in [2.45, 2.75) is 6.61 Å². The van der Waals surface area contributed by atoms with E-state index in [0.29, 0.717) is 23.8 Å². The van der Waals surface area contributed by atoms with E-state index in [4.69, 9.17) is 19.9 Å². The van der Waals surface area contributed by atoms with Crippen molar-refractivity contribution in [1.29, 1.82) is 0 Å². The van der Waals surface area contributed by atoms with Gasteiger partial charge < -0.3 is 19.9 Å². The monoisotopic (exact) mass is 335 g/mol. The van der Waals surface area contributed by atoms with Gasteiger partial charge in [-0.2, -0.15) is 0 Å². The van der Waals surface area contributed by atoms with E-state index in [1.54, 1.807) is 20.3 Å². The molecule has 0 bridgehead atoms. The maximum Gasteiger partial charge on any atom is 0.163 e. The third kappa shape index (κ3) is 3.86. The van der Waals surface area contributed by atoms with Crippen molar-refractivity contribution in [3.05, 3.63) is 72.3 Å². The fourth-order valence-corrected chi connectivity index (χ4v) is 2.62. The third-order valence-electron chi connectivity index (χ3n) is 3.95. The van der Waals surface area contributed by atoms with Gasteiger partial charge in [0.25, 0.3) is 0 Å². The molecule has 0 heterocycles. The number of hydrogen-bond donors (Lipinski definition) is 1. The fraction of sp³-hybridized carbons (Fsp3) is 0.143. The van der Waals surface area contributed by atoms with Gasteiger partial charge in [0.2, 0.25) is 0 Å². The molecule has 3 aromatic rings. The predicted octanol–water partition coefficient (Wildman–Crippen LogP) is 4.53. The first-order chi connectivity index (χ1) is 12.2. The summed E-state index contributed by atoms with van der Waals surface area (Å²) < 4.78 is 16.7. The summed E-state index contributed by atoms with van der Waals surface area (Å²) in [6.45, 7) is 0.454. The Labute approximate surface area is 147 Å². The Hall–Kier alpha value is -3.14. The van der Waals surface area contributed by atoms with Crippen LogP contribution in [0.4, 0.5) is 5.69 Å². The molecule has 0 atom stereocenters. The molecule has 0 aromatic heterocycles. The van der Waals surface area contributed by atoms with Crippen molar-refractivity contribution in [2.24, 2.45) is 0 Å². The van der Waals surface area contributed by atoms with Crippen molar-refractivity contribution >= 4 is 5.69 Å². The zero-order chi connectivity index (χ0) is 17.6. The van der Waals surface area contributed by atoms with E-state index in [-0.39, 0.29) is 0 Å². The van der Waals surface area contributed by atoms with Crippen LogP contribution in [0.3, 0.4) is 0 Å². The van der Waals surface area contributed by atoms with Gasteiger partial charge in [-0.25, -0.2) is 0 Å². The number of nitrogen functional groups attached to an aromatic ring is 1. The molecule has 0 radical (unpaired) electrons. The van der Waals surface area contributed by atoms with Crippen LogP contribution in [-0.4, -0.2) is 14.2 Å². The lowest BCUT2D eigenvalue weighted by Crippen LogP contribution is -2.00. The topological polar surface area (TPSA) is 53.7 Å². The van der Waals surface area contributed by atoms with Crippen molar-refractivity contribution < 1.29 is 14.2 Å². The molecule has 2 N–H and O–H groups in total. The van der Waals surface area contributed by atoms with Crippen LogP contribution in [0.25, 0.3) is 11.1 Å². The summed E-state index contributed by atoms with van der Waals surface area (Å²) in [5, 5.41) is 0. The highest BCUT2D eigenvalue weighted by Gasteiger charge is 2.12. The molecule has 25 heavy (non-hydrogen) atoms. The molecular formula is C21H21NO3. The number of methoxy groups -OCH3 is 2. The average Bonchev–Trinajstić information content (AvgIpc) is 2.67. The highest BCUT2D eigenvalue weighted by Crippen LogP contribution is 2.38. The second kappa shape index (κ2) is 7.62. The minimum absolute atomic E-state index is 0.454. The van der Waals surface area contributed by atoms with E-state index < -0.39 is 0 Å². The van der Waals surface area contributed by atoms with Gasteiger partial charge in [0.15, 0.2) is 11.5 Å². The van der Waals surface area contributed by atoms with Gasteiger partial charge in [0.05, 0.1) is 14.2 Å². The van der Waals surface area contributed by atoms with Gasteiger partial charge in [0.1, 0.15) is 12.4 Å². The number of hydrogen-bond acceptors (Lipinski definition) is 4. The van der Waals surface area contributed by atoms with E-state index in [9.17, 15) is 0 Å². The molecule has 0 amide bonds. The number of ether oxygens (including phenoxy) is 3. The maximum absolute atomic E-state index is 6.26. The van der Waals surface area contributed by atoms with Crippen molar-refractivity contribution in [3.8, 4) is 28.4 Å². The van der Waals surface area contributed by atoms with Gasteiger partial charge in [-0.3, -0.25) is 0 Å². The summed E-state index contributed by atoms with van der Waals surface area (Å²) >= 11 is 0. The lowest BCUT2D eigenvalue weighted by Gasteiger charge is -2.15. The van der Waals surface area contributed by atoms with E-state index >= 15 is 0 Å². The van der Waals surface area contributed by atoms with Crippen LogP contribution in [0.2, 0.25) is 0 Å². The zero-order valence-electron chi connectivity index (χ0n) is 14.4. The average molecular weight is 335 g/mol. The summed E-state index contributed by atoms with van der Waals surface area (Å²) in [4.78, 5) is 0. The Morgan fingerprint density at radius 1 is 0.800 bits per heavy atom. The molecule has 0 aliphatic heterocycles. The van der Waals surface area contributed by atoms with Crippen molar-refractivity contribution in [1.82, 2.24) is 0 Å². The standard InChI is InChI=1S/C21H21NO3/c1-23-17-10-6-9-16(11-17)18-12-20(24-2)21(13-19(18)22)25-14-15-7-4-3-5-8-15/h3-13H,14,22H2,1-2H3. The lowest BCUT2D eigenvalue weighted by atomic mass is 10.0. The number of rotatable bonds is 6. The third-order valence-corrected chi connectivity index (χ3v) is 3.95. The summed E-state index contributed by atoms with van der Waals surface area (Å²) in [6, 6.07) is 21.4. The van der Waals surface area contributed by atoms with Crippen LogP contribution in [0.1, 0.15) is 5.56 Å². The number of anilines is 1. The Kier molecular flexibility index (Phi) is 5.09. The maximum atomic E-state index is 6.26. The van der Waals surface area contributed by atoms with E-state index in [1.165, 1.54) is 0 Å². The van der Waals surface area contributed by atoms with Crippen LogP contribution in [0.15, 0.2) is 66.7 Å². The molecule has 128 valence electrons. The summed E-state index contributed by atoms with van der Waals surface area (Å²) in [6.07, 6.45) is 0. The van der Waals surface area contributed by atoms with Crippen LogP contribution >= 0.6 is 0 Å². The van der Waals surface area contributed by atoms with E-state index in [1.807, 2.05) is 60.7 Å². The molecule has 0 aliphatic carbocycles. The number of nitrogens with two attached hydrogens (primary N) is 1. The zero-order valence-corrected chi connectivity index (χ0v) is 14.4. The highest BCUT2D eigenvalue weighted by atomic mass is 16.5. The summed E-state index contributed by atoms with van der Waals surface area (Å²) in [7, 11) is 3.26. The van der Waals surface area contributed by atoms with E-state index in [0.717, 1.165) is 22.4 Å². The van der Waals surface area contributed by atoms with Crippen molar-refractivity contribution in [2.75, 3.05) is 20.0 Å². The normalized spacial score (nSPS) is 10.3. The van der Waals surface area contributed by atoms with Crippen LogP contribution < -0.4 is 19.9 Å². The molecule has 0 aliphatic rings. The lowest BCUT2D eigenvalue weighted by molar-refractivity contribution is 0.285. The first-order valence-corrected chi connectivity index (χ1v) is 8.00. The van der Waals surface area contributed by atoms with Gasteiger partial charge >= 0.3 is 0 Å². The molecular weight excluding hydrogens is 314 g/mol. The quantitative estimate of drug-likeness (QED) is 0.672. The highest BCUT2D eigenvalue weighted by molar-refractivity contribution is 5.80. The molecule has 4 heteroatoms. The second-order valence-electron chi connectivity index (χ2n) is 5.60. The predicted molar refractivity (Wildman–Crippen MR) is 100 cm³/mol. The van der Waals surface area contributed by atoms with Crippen LogP contribution in [-0.2, 0) is 6.61 Å². The first kappa shape index (κ1) is 16.7. The molecule has 0 fully saturated rings. The molecule has 4 nitrogen and oxygen atoms in total. The molecule has 3 aromatic carbocycles. The molecule has 3 rings (SSSR count). The first-order valence-electron chi connectivity index (χ1n) is 8.00. The number of benzene rings is 3. The SMILES string of the molecule is COc1cccc(-c2cc(OC)c(OCc3ccccc3)cc2N)c1. The summed E-state index contributed by atoms with van der Waals surface area (Å²) in [5.74, 6) is 2.04. The Balaban J connectivity index is 1.90. The van der Waals surface area contributed by atoms with Gasteiger partial charge in [0, 0.05) is 17.3 Å². The smallest absolute Gasteiger partial charge is 0.163 e. The van der Waals surface area contributed by atoms with Crippen molar-refractivity contribution in [3.63, 3.8) is 0 Å². The molecule has 0 saturated heterocycles. The molecule has 0 unspecified atom stereocenters. The van der Waals surface area contributed by atoms with Crippen LogP contribution in [0, 0.1) is 0 Å². The molecule has 0 spiro atoms.